The lowest BCUT2D eigenvalue weighted by molar-refractivity contribution is -0.107. The normalized spacial score (nSPS) is 12.5. The maximum absolute atomic E-state index is 14.2. The molecule has 0 saturated carbocycles. The van der Waals surface area contributed by atoms with Crippen LogP contribution < -0.4 is 10.6 Å². The molecule has 2 nitrogen and oxygen atoms in total. The molecule has 0 N–H and O–H groups in total. The molecule has 0 radical (unpaired) electrons. The highest BCUT2D eigenvalue weighted by molar-refractivity contribution is 7.79. The second-order valence-electron chi connectivity index (χ2n) is 5.82. The SMILES string of the molecule is Cc1ccc(C(C=O)P(=O)(c2ccccc2)c2ccccc2)cc1. The Bertz CT molecular complexity index is 812. The Kier molecular flexibility index (Phi) is 4.78. The van der Waals surface area contributed by atoms with E-state index in [0.29, 0.717) is 10.6 Å². The van der Waals surface area contributed by atoms with Gasteiger partial charge < -0.3 is 9.36 Å². The lowest BCUT2D eigenvalue weighted by atomic mass is 10.1. The lowest BCUT2D eigenvalue weighted by Gasteiger charge is -2.25. The Morgan fingerprint density at radius 2 is 1.21 bits per heavy atom. The first-order valence-corrected chi connectivity index (χ1v) is 9.66. The van der Waals surface area contributed by atoms with Crippen LogP contribution >= 0.6 is 7.14 Å². The molecule has 3 heteroatoms. The van der Waals surface area contributed by atoms with E-state index in [2.05, 4.69) is 0 Å². The molecule has 0 spiro atoms. The minimum absolute atomic E-state index is 0.692. The zero-order valence-electron chi connectivity index (χ0n) is 13.5. The van der Waals surface area contributed by atoms with Crippen molar-refractivity contribution in [2.75, 3.05) is 0 Å². The van der Waals surface area contributed by atoms with E-state index >= 15 is 0 Å². The van der Waals surface area contributed by atoms with Crippen molar-refractivity contribution in [3.63, 3.8) is 0 Å². The van der Waals surface area contributed by atoms with E-state index in [1.165, 1.54) is 0 Å². The number of carbonyl (C=O) groups excluding carboxylic acids is 1. The molecule has 0 aromatic heterocycles. The fourth-order valence-corrected chi connectivity index (χ4v) is 5.84. The van der Waals surface area contributed by atoms with Gasteiger partial charge >= 0.3 is 0 Å². The van der Waals surface area contributed by atoms with Crippen LogP contribution in [0.15, 0.2) is 84.9 Å². The molecule has 1 atom stereocenters. The first-order chi connectivity index (χ1) is 11.7. The maximum Gasteiger partial charge on any atom is 0.157 e. The molecule has 3 aromatic rings. The summed E-state index contributed by atoms with van der Waals surface area (Å²) in [5, 5.41) is 1.41. The molecule has 0 fully saturated rings. The van der Waals surface area contributed by atoms with Crippen molar-refractivity contribution >= 4 is 24.0 Å². The first kappa shape index (κ1) is 16.4. The van der Waals surface area contributed by atoms with Gasteiger partial charge in [0.1, 0.15) is 11.9 Å². The highest BCUT2D eigenvalue weighted by Gasteiger charge is 2.37. The average Bonchev–Trinajstić information content (AvgIpc) is 2.65. The highest BCUT2D eigenvalue weighted by Crippen LogP contribution is 2.56. The summed E-state index contributed by atoms with van der Waals surface area (Å²) in [7, 11) is -3.14. The summed E-state index contributed by atoms with van der Waals surface area (Å²) in [6.45, 7) is 1.99. The van der Waals surface area contributed by atoms with Crippen LogP contribution in [0.4, 0.5) is 0 Å². The predicted octanol–water partition coefficient (Wildman–Crippen LogP) is 4.25. The van der Waals surface area contributed by atoms with Crippen molar-refractivity contribution in [3.05, 3.63) is 96.1 Å². The second kappa shape index (κ2) is 6.98. The number of rotatable bonds is 5. The number of hydrogen-bond acceptors (Lipinski definition) is 2. The highest BCUT2D eigenvalue weighted by atomic mass is 31.2. The van der Waals surface area contributed by atoms with E-state index in [1.807, 2.05) is 91.9 Å². The van der Waals surface area contributed by atoms with Gasteiger partial charge in [0.05, 0.1) is 0 Å². The standard InChI is InChI=1S/C21H19O2P/c1-17-12-14-18(15-13-17)21(16-22)24(23,19-8-4-2-5-9-19)20-10-6-3-7-11-20/h2-16,21H,1H3. The summed E-state index contributed by atoms with van der Waals surface area (Å²) in [5.74, 6) is 0. The Balaban J connectivity index is 2.22. The van der Waals surface area contributed by atoms with Crippen molar-refractivity contribution in [1.82, 2.24) is 0 Å². The maximum atomic E-state index is 14.2. The van der Waals surface area contributed by atoms with Gasteiger partial charge in [-0.1, -0.05) is 90.5 Å². The Hall–Kier alpha value is -2.44. The monoisotopic (exact) mass is 334 g/mol. The fraction of sp³-hybridized carbons (Fsp3) is 0.0952. The molecule has 0 aliphatic heterocycles. The van der Waals surface area contributed by atoms with Crippen LogP contribution in [0, 0.1) is 6.92 Å². The molecule has 0 saturated heterocycles. The molecule has 0 heterocycles. The molecule has 0 aliphatic rings. The number of carbonyl (C=O) groups is 1. The van der Waals surface area contributed by atoms with Crippen molar-refractivity contribution in [2.24, 2.45) is 0 Å². The van der Waals surface area contributed by atoms with Gasteiger partial charge in [0.2, 0.25) is 0 Å². The third kappa shape index (κ3) is 2.98. The van der Waals surface area contributed by atoms with E-state index in [9.17, 15) is 9.36 Å². The Morgan fingerprint density at radius 1 is 0.750 bits per heavy atom. The number of hydrogen-bond donors (Lipinski definition) is 0. The molecule has 1 unspecified atom stereocenters. The van der Waals surface area contributed by atoms with Crippen LogP contribution in [0.3, 0.4) is 0 Å². The van der Waals surface area contributed by atoms with Gasteiger partial charge in [-0.25, -0.2) is 0 Å². The van der Waals surface area contributed by atoms with E-state index in [-0.39, 0.29) is 0 Å². The predicted molar refractivity (Wildman–Crippen MR) is 99.7 cm³/mol. The van der Waals surface area contributed by atoms with Gasteiger partial charge in [-0.15, -0.1) is 0 Å². The molecule has 0 bridgehead atoms. The smallest absolute Gasteiger partial charge is 0.157 e. The zero-order valence-corrected chi connectivity index (χ0v) is 14.4. The summed E-state index contributed by atoms with van der Waals surface area (Å²) in [6, 6.07) is 26.3. The van der Waals surface area contributed by atoms with Crippen LogP contribution in [0.1, 0.15) is 16.8 Å². The Labute approximate surface area is 142 Å². The molecule has 24 heavy (non-hydrogen) atoms. The van der Waals surface area contributed by atoms with Crippen LogP contribution in [-0.4, -0.2) is 6.29 Å². The minimum Gasteiger partial charge on any atom is -0.313 e. The summed E-state index contributed by atoms with van der Waals surface area (Å²) >= 11 is 0. The van der Waals surface area contributed by atoms with E-state index in [0.717, 1.165) is 17.4 Å². The molecule has 0 aliphatic carbocycles. The Morgan fingerprint density at radius 3 is 1.62 bits per heavy atom. The molecular formula is C21H19O2P. The number of aldehydes is 1. The average molecular weight is 334 g/mol. The molecule has 120 valence electrons. The van der Waals surface area contributed by atoms with Gasteiger partial charge in [0, 0.05) is 10.6 Å². The quantitative estimate of drug-likeness (QED) is 0.516. The lowest BCUT2D eigenvalue weighted by Crippen LogP contribution is -2.22. The number of aryl methyl sites for hydroxylation is 1. The molecular weight excluding hydrogens is 315 g/mol. The second-order valence-corrected chi connectivity index (χ2v) is 8.73. The summed E-state index contributed by atoms with van der Waals surface area (Å²) in [6.07, 6.45) is 0.825. The third-order valence-electron chi connectivity index (χ3n) is 4.22. The minimum atomic E-state index is -3.14. The summed E-state index contributed by atoms with van der Waals surface area (Å²) in [5.41, 5.74) is 1.20. The van der Waals surface area contributed by atoms with Crippen molar-refractivity contribution in [3.8, 4) is 0 Å². The molecule has 3 rings (SSSR count). The van der Waals surface area contributed by atoms with Gasteiger partial charge in [0.25, 0.3) is 0 Å². The fourth-order valence-electron chi connectivity index (χ4n) is 2.91. The van der Waals surface area contributed by atoms with Gasteiger partial charge in [-0.2, -0.15) is 0 Å². The first-order valence-electron chi connectivity index (χ1n) is 7.89. The van der Waals surface area contributed by atoms with Crippen LogP contribution in [0.2, 0.25) is 0 Å². The largest absolute Gasteiger partial charge is 0.313 e. The van der Waals surface area contributed by atoms with Crippen molar-refractivity contribution < 1.29 is 9.36 Å². The van der Waals surface area contributed by atoms with Crippen LogP contribution in [0.25, 0.3) is 0 Å². The molecule has 3 aromatic carbocycles. The topological polar surface area (TPSA) is 34.1 Å². The summed E-state index contributed by atoms with van der Waals surface area (Å²) < 4.78 is 14.2. The van der Waals surface area contributed by atoms with Crippen molar-refractivity contribution in [2.45, 2.75) is 12.6 Å². The van der Waals surface area contributed by atoms with E-state index in [1.54, 1.807) is 0 Å². The van der Waals surface area contributed by atoms with Gasteiger partial charge in [0.15, 0.2) is 7.14 Å². The van der Waals surface area contributed by atoms with E-state index in [4.69, 9.17) is 0 Å². The van der Waals surface area contributed by atoms with Gasteiger partial charge in [-0.05, 0) is 12.5 Å². The van der Waals surface area contributed by atoms with Gasteiger partial charge in [-0.3, -0.25) is 0 Å². The van der Waals surface area contributed by atoms with Crippen LogP contribution in [-0.2, 0) is 9.36 Å². The van der Waals surface area contributed by atoms with Crippen LogP contribution in [0.5, 0.6) is 0 Å². The van der Waals surface area contributed by atoms with E-state index < -0.39 is 12.8 Å². The van der Waals surface area contributed by atoms with Crippen molar-refractivity contribution in [1.29, 1.82) is 0 Å². The third-order valence-corrected chi connectivity index (χ3v) is 7.55. The number of benzene rings is 3. The molecule has 0 amide bonds. The summed E-state index contributed by atoms with van der Waals surface area (Å²) in [4.78, 5) is 12.0. The zero-order chi connectivity index (χ0) is 17.0.